The van der Waals surface area contributed by atoms with Crippen molar-refractivity contribution in [2.45, 2.75) is 33.0 Å². The Labute approximate surface area is 107 Å². The molecule has 0 saturated heterocycles. The Morgan fingerprint density at radius 3 is 2.50 bits per heavy atom. The van der Waals surface area contributed by atoms with E-state index in [9.17, 15) is 4.79 Å². The highest BCUT2D eigenvalue weighted by atomic mass is 16.6. The van der Waals surface area contributed by atoms with E-state index < -0.39 is 11.6 Å². The minimum atomic E-state index is -0.542. The van der Waals surface area contributed by atoms with Gasteiger partial charge < -0.3 is 4.74 Å². The molecule has 0 aromatic heterocycles. The van der Waals surface area contributed by atoms with Gasteiger partial charge in [-0.15, -0.1) is 0 Å². The van der Waals surface area contributed by atoms with E-state index in [4.69, 9.17) is 10.6 Å². The number of ether oxygens (including phenoxy) is 1. The molecule has 0 spiro atoms. The van der Waals surface area contributed by atoms with E-state index in [0.29, 0.717) is 11.1 Å². The molecule has 18 heavy (non-hydrogen) atoms. The van der Waals surface area contributed by atoms with Crippen LogP contribution in [0.1, 0.15) is 31.9 Å². The van der Waals surface area contributed by atoms with Gasteiger partial charge >= 0.3 is 5.97 Å². The second kappa shape index (κ2) is 5.80. The maximum atomic E-state index is 11.9. The van der Waals surface area contributed by atoms with Gasteiger partial charge in [-0.3, -0.25) is 4.84 Å². The van der Waals surface area contributed by atoms with Crippen molar-refractivity contribution in [1.29, 1.82) is 0 Å². The summed E-state index contributed by atoms with van der Waals surface area (Å²) < 4.78 is 5.28. The molecule has 0 fully saturated rings. The molecular weight excluding hydrogens is 230 g/mol. The summed E-state index contributed by atoms with van der Waals surface area (Å²) in [5.41, 5.74) is 1.25. The first-order chi connectivity index (χ1) is 8.35. The Kier molecular flexibility index (Phi) is 4.64. The molecular formula is C14H19NO3. The van der Waals surface area contributed by atoms with Crippen molar-refractivity contribution in [3.05, 3.63) is 42.0 Å². The van der Waals surface area contributed by atoms with Crippen molar-refractivity contribution in [3.8, 4) is 0 Å². The molecule has 0 heterocycles. The van der Waals surface area contributed by atoms with Crippen LogP contribution in [0.15, 0.2) is 30.8 Å². The lowest BCUT2D eigenvalue weighted by Gasteiger charge is -2.21. The number of carbonyl (C=O) groups is 1. The quantitative estimate of drug-likeness (QED) is 0.506. The Morgan fingerprint density at radius 2 is 1.94 bits per heavy atom. The molecule has 0 amide bonds. The number of esters is 1. The molecule has 2 N–H and O–H groups in total. The first kappa shape index (κ1) is 14.4. The summed E-state index contributed by atoms with van der Waals surface area (Å²) >= 11 is 0. The van der Waals surface area contributed by atoms with E-state index in [1.807, 2.05) is 39.0 Å². The largest absolute Gasteiger partial charge is 0.456 e. The molecule has 0 radical (unpaired) electrons. The molecule has 1 aromatic rings. The average Bonchev–Trinajstić information content (AvgIpc) is 2.27. The van der Waals surface area contributed by atoms with Gasteiger partial charge in [0.05, 0.1) is 12.2 Å². The molecule has 0 aliphatic carbocycles. The van der Waals surface area contributed by atoms with E-state index in [-0.39, 0.29) is 6.61 Å². The molecule has 0 aliphatic heterocycles. The minimum Gasteiger partial charge on any atom is -0.456 e. The maximum Gasteiger partial charge on any atom is 0.338 e. The highest BCUT2D eigenvalue weighted by molar-refractivity contribution is 6.16. The van der Waals surface area contributed by atoms with Gasteiger partial charge in [0.2, 0.25) is 0 Å². The van der Waals surface area contributed by atoms with E-state index in [1.165, 1.54) is 0 Å². The van der Waals surface area contributed by atoms with Crippen molar-refractivity contribution < 1.29 is 14.4 Å². The van der Waals surface area contributed by atoms with Gasteiger partial charge in [0.25, 0.3) is 0 Å². The van der Waals surface area contributed by atoms with Gasteiger partial charge in [0.1, 0.15) is 5.60 Å². The van der Waals surface area contributed by atoms with Gasteiger partial charge in [-0.1, -0.05) is 30.8 Å². The normalized spacial score (nSPS) is 11.1. The average molecular weight is 249 g/mol. The van der Waals surface area contributed by atoms with Crippen LogP contribution in [0.5, 0.6) is 0 Å². The fourth-order valence-corrected chi connectivity index (χ4v) is 1.48. The summed E-state index contributed by atoms with van der Waals surface area (Å²) in [6, 6.07) is 7.30. The van der Waals surface area contributed by atoms with Crippen LogP contribution in [0.4, 0.5) is 0 Å². The zero-order chi connectivity index (χ0) is 13.8. The van der Waals surface area contributed by atoms with Gasteiger partial charge in [0.15, 0.2) is 0 Å². The number of hydrogen-bond donors (Lipinski definition) is 1. The first-order valence-electron chi connectivity index (χ1n) is 5.67. The predicted octanol–water partition coefficient (Wildman–Crippen LogP) is 2.43. The third-order valence-corrected chi connectivity index (χ3v) is 2.23. The smallest absolute Gasteiger partial charge is 0.338 e. The summed E-state index contributed by atoms with van der Waals surface area (Å²) in [5.74, 6) is 4.62. The highest BCUT2D eigenvalue weighted by Crippen LogP contribution is 2.21. The fraction of sp³-hybridized carbons (Fsp3) is 0.357. The monoisotopic (exact) mass is 249 g/mol. The van der Waals surface area contributed by atoms with Crippen molar-refractivity contribution in [3.63, 3.8) is 0 Å². The number of carbonyl (C=O) groups excluding carboxylic acids is 1. The van der Waals surface area contributed by atoms with Crippen LogP contribution in [0.3, 0.4) is 0 Å². The number of nitrogens with two attached hydrogens (primary N) is 1. The van der Waals surface area contributed by atoms with E-state index in [0.717, 1.165) is 5.56 Å². The minimum absolute atomic E-state index is 0.220. The standard InChI is InChI=1S/C14H19NO3/c1-10(13(16)18-14(2,3)4)12-8-6-5-7-11(12)9-17-15/h5-8H,1,9,15H2,2-4H3. The Morgan fingerprint density at radius 1 is 1.33 bits per heavy atom. The SMILES string of the molecule is C=C(C(=O)OC(C)(C)C)c1ccccc1CON. The second-order valence-corrected chi connectivity index (χ2v) is 4.95. The first-order valence-corrected chi connectivity index (χ1v) is 5.67. The van der Waals surface area contributed by atoms with Crippen LogP contribution >= 0.6 is 0 Å². The van der Waals surface area contributed by atoms with Gasteiger partial charge in [-0.25, -0.2) is 10.7 Å². The third kappa shape index (κ3) is 3.98. The third-order valence-electron chi connectivity index (χ3n) is 2.23. The van der Waals surface area contributed by atoms with Gasteiger partial charge in [-0.2, -0.15) is 0 Å². The summed E-state index contributed by atoms with van der Waals surface area (Å²) in [5, 5.41) is 0. The molecule has 0 atom stereocenters. The topological polar surface area (TPSA) is 61.5 Å². The number of hydrogen-bond acceptors (Lipinski definition) is 4. The van der Waals surface area contributed by atoms with Gasteiger partial charge in [0, 0.05) is 0 Å². The Hall–Kier alpha value is -1.65. The zero-order valence-electron chi connectivity index (χ0n) is 11.0. The molecule has 0 unspecified atom stereocenters. The molecule has 1 aromatic carbocycles. The van der Waals surface area contributed by atoms with E-state index in [2.05, 4.69) is 11.4 Å². The summed E-state index contributed by atoms with van der Waals surface area (Å²) in [7, 11) is 0. The van der Waals surface area contributed by atoms with Gasteiger partial charge in [-0.05, 0) is 31.9 Å². The van der Waals surface area contributed by atoms with Crippen molar-refractivity contribution >= 4 is 11.5 Å². The fourth-order valence-electron chi connectivity index (χ4n) is 1.48. The van der Waals surface area contributed by atoms with Crippen molar-refractivity contribution in [2.24, 2.45) is 5.90 Å². The second-order valence-electron chi connectivity index (χ2n) is 4.95. The van der Waals surface area contributed by atoms with Crippen LogP contribution in [-0.4, -0.2) is 11.6 Å². The van der Waals surface area contributed by atoms with Crippen LogP contribution in [0.25, 0.3) is 5.57 Å². The number of benzene rings is 1. The lowest BCUT2D eigenvalue weighted by molar-refractivity contribution is -0.147. The molecule has 4 nitrogen and oxygen atoms in total. The molecule has 4 heteroatoms. The van der Waals surface area contributed by atoms with Crippen LogP contribution in [0, 0.1) is 0 Å². The maximum absolute atomic E-state index is 11.9. The predicted molar refractivity (Wildman–Crippen MR) is 70.3 cm³/mol. The van der Waals surface area contributed by atoms with Crippen molar-refractivity contribution in [2.75, 3.05) is 0 Å². The summed E-state index contributed by atoms with van der Waals surface area (Å²) in [4.78, 5) is 16.5. The van der Waals surface area contributed by atoms with E-state index in [1.54, 1.807) is 6.07 Å². The van der Waals surface area contributed by atoms with Crippen molar-refractivity contribution in [1.82, 2.24) is 0 Å². The molecule has 0 saturated carbocycles. The molecule has 1 rings (SSSR count). The molecule has 0 bridgehead atoms. The summed E-state index contributed by atoms with van der Waals surface area (Å²) in [6.07, 6.45) is 0. The molecule has 98 valence electrons. The van der Waals surface area contributed by atoms with Crippen LogP contribution in [-0.2, 0) is 21.0 Å². The Bertz CT molecular complexity index is 447. The Balaban J connectivity index is 2.93. The highest BCUT2D eigenvalue weighted by Gasteiger charge is 2.20. The van der Waals surface area contributed by atoms with Crippen LogP contribution < -0.4 is 5.90 Å². The lowest BCUT2D eigenvalue weighted by Crippen LogP contribution is -2.24. The molecule has 0 aliphatic rings. The lowest BCUT2D eigenvalue weighted by atomic mass is 10.0. The number of rotatable bonds is 4. The summed E-state index contributed by atoms with van der Waals surface area (Å²) in [6.45, 7) is 9.44. The van der Waals surface area contributed by atoms with Crippen LogP contribution in [0.2, 0.25) is 0 Å². The van der Waals surface area contributed by atoms with E-state index >= 15 is 0 Å². The zero-order valence-corrected chi connectivity index (χ0v) is 11.0.